The second-order valence-corrected chi connectivity index (χ2v) is 0.974. The van der Waals surface area contributed by atoms with E-state index in [1.807, 2.05) is 0 Å². The lowest BCUT2D eigenvalue weighted by Crippen LogP contribution is -2.20. The van der Waals surface area contributed by atoms with Crippen LogP contribution < -0.4 is 11.5 Å². The Hall–Kier alpha value is -0.970. The third-order valence-corrected chi connectivity index (χ3v) is 0. The Labute approximate surface area is 64.5 Å². The highest BCUT2D eigenvalue weighted by Crippen LogP contribution is 1.42. The van der Waals surface area contributed by atoms with Crippen molar-refractivity contribution in [1.29, 1.82) is 5.41 Å². The average Bonchev–Trinajstić information content (AvgIpc) is 1.66. The van der Waals surface area contributed by atoms with Gasteiger partial charge in [0, 0.05) is 13.3 Å². The highest BCUT2D eigenvalue weighted by Gasteiger charge is 1.65. The SMILES string of the molecule is CC(=O)O.CCl.N=C(N)N. The van der Waals surface area contributed by atoms with Gasteiger partial charge in [0.1, 0.15) is 0 Å². The zero-order chi connectivity index (χ0) is 9.15. The minimum Gasteiger partial charge on any atom is -0.481 e. The van der Waals surface area contributed by atoms with Crippen LogP contribution in [0, 0.1) is 5.41 Å². The van der Waals surface area contributed by atoms with E-state index in [2.05, 4.69) is 23.1 Å². The Bertz CT molecular complexity index is 76.5. The van der Waals surface area contributed by atoms with Crippen LogP contribution in [-0.2, 0) is 4.79 Å². The van der Waals surface area contributed by atoms with Gasteiger partial charge in [-0.15, -0.1) is 11.6 Å². The molecule has 0 fully saturated rings. The van der Waals surface area contributed by atoms with Gasteiger partial charge in [-0.3, -0.25) is 10.2 Å². The van der Waals surface area contributed by atoms with Crippen molar-refractivity contribution in [2.45, 2.75) is 6.92 Å². The predicted molar refractivity (Wildman–Crippen MR) is 41.2 cm³/mol. The first-order valence-electron chi connectivity index (χ1n) is 2.13. The maximum Gasteiger partial charge on any atom is 0.300 e. The minimum atomic E-state index is -0.833. The number of hydrogen-bond donors (Lipinski definition) is 4. The highest BCUT2D eigenvalue weighted by atomic mass is 35.5. The first-order chi connectivity index (χ1) is 4.46. The van der Waals surface area contributed by atoms with Crippen molar-refractivity contribution < 1.29 is 9.90 Å². The largest absolute Gasteiger partial charge is 0.481 e. The molecule has 0 aliphatic carbocycles. The van der Waals surface area contributed by atoms with E-state index >= 15 is 0 Å². The molecule has 6 heteroatoms. The lowest BCUT2D eigenvalue weighted by molar-refractivity contribution is -0.134. The summed E-state index contributed by atoms with van der Waals surface area (Å²) in [7, 11) is 0. The molecule has 0 aromatic heterocycles. The molecule has 0 radical (unpaired) electrons. The van der Waals surface area contributed by atoms with E-state index < -0.39 is 5.97 Å². The molecule has 0 saturated heterocycles. The predicted octanol–water partition coefficient (Wildman–Crippen LogP) is -0.216. The van der Waals surface area contributed by atoms with Gasteiger partial charge >= 0.3 is 0 Å². The van der Waals surface area contributed by atoms with Crippen LogP contribution in [0.1, 0.15) is 6.92 Å². The molecular weight excluding hydrogens is 158 g/mol. The van der Waals surface area contributed by atoms with E-state index in [0.717, 1.165) is 6.92 Å². The number of nitrogens with one attached hydrogen (secondary N) is 1. The molecule has 0 saturated carbocycles. The number of rotatable bonds is 0. The van der Waals surface area contributed by atoms with Crippen molar-refractivity contribution in [2.24, 2.45) is 11.5 Å². The second-order valence-electron chi connectivity index (χ2n) is 0.974. The van der Waals surface area contributed by atoms with Crippen molar-refractivity contribution >= 4 is 23.5 Å². The summed E-state index contributed by atoms with van der Waals surface area (Å²) in [5.74, 6) is -1.17. The maximum atomic E-state index is 9.00. The van der Waals surface area contributed by atoms with E-state index in [1.54, 1.807) is 0 Å². The van der Waals surface area contributed by atoms with Gasteiger partial charge in [0.2, 0.25) is 0 Å². The van der Waals surface area contributed by atoms with E-state index in [-0.39, 0.29) is 5.96 Å². The van der Waals surface area contributed by atoms with Gasteiger partial charge in [-0.25, -0.2) is 0 Å². The van der Waals surface area contributed by atoms with Crippen LogP contribution in [0.15, 0.2) is 0 Å². The van der Waals surface area contributed by atoms with Crippen LogP contribution in [0.2, 0.25) is 0 Å². The van der Waals surface area contributed by atoms with Crippen LogP contribution >= 0.6 is 11.6 Å². The first kappa shape index (κ1) is 16.0. The minimum absolute atomic E-state index is 0.333. The second kappa shape index (κ2) is 15.7. The van der Waals surface area contributed by atoms with Gasteiger partial charge < -0.3 is 16.6 Å². The van der Waals surface area contributed by atoms with Crippen LogP contribution in [0.4, 0.5) is 0 Å². The molecule has 0 rings (SSSR count). The summed E-state index contributed by atoms with van der Waals surface area (Å²) in [6.07, 6.45) is 1.47. The van der Waals surface area contributed by atoms with E-state index in [1.165, 1.54) is 6.38 Å². The summed E-state index contributed by atoms with van der Waals surface area (Å²) in [5, 5.41) is 13.5. The van der Waals surface area contributed by atoms with Gasteiger partial charge in [0.15, 0.2) is 5.96 Å². The number of halogens is 1. The number of guanidine groups is 1. The van der Waals surface area contributed by atoms with Crippen LogP contribution in [0.5, 0.6) is 0 Å². The van der Waals surface area contributed by atoms with Crippen LogP contribution in [-0.4, -0.2) is 23.4 Å². The highest BCUT2D eigenvalue weighted by molar-refractivity contribution is 6.15. The van der Waals surface area contributed by atoms with E-state index in [9.17, 15) is 0 Å². The summed E-state index contributed by atoms with van der Waals surface area (Å²) in [5.41, 5.74) is 8.94. The summed E-state index contributed by atoms with van der Waals surface area (Å²) in [6.45, 7) is 1.08. The fraction of sp³-hybridized carbons (Fsp3) is 0.500. The fourth-order valence-corrected chi connectivity index (χ4v) is 0. The van der Waals surface area contributed by atoms with Crippen molar-refractivity contribution in [3.8, 4) is 0 Å². The van der Waals surface area contributed by atoms with Gasteiger partial charge in [-0.1, -0.05) is 0 Å². The smallest absolute Gasteiger partial charge is 0.300 e. The molecule has 10 heavy (non-hydrogen) atoms. The Morgan fingerprint density at radius 2 is 1.50 bits per heavy atom. The topological polar surface area (TPSA) is 113 Å². The van der Waals surface area contributed by atoms with Crippen molar-refractivity contribution in [1.82, 2.24) is 0 Å². The monoisotopic (exact) mass is 169 g/mol. The Morgan fingerprint density at radius 1 is 1.50 bits per heavy atom. The molecule has 0 spiro atoms. The van der Waals surface area contributed by atoms with Crippen molar-refractivity contribution in [3.63, 3.8) is 0 Å². The molecule has 0 unspecified atom stereocenters. The zero-order valence-electron chi connectivity index (χ0n) is 5.89. The fourth-order valence-electron chi connectivity index (χ4n) is 0. The Balaban J connectivity index is -0.0000000787. The number of alkyl halides is 1. The molecule has 0 aromatic carbocycles. The van der Waals surface area contributed by atoms with Crippen molar-refractivity contribution in [2.75, 3.05) is 6.38 Å². The molecule has 62 valence electrons. The molecule has 6 N–H and O–H groups in total. The molecule has 0 amide bonds. The molecule has 0 bridgehead atoms. The molecule has 0 aliphatic rings. The number of carbonyl (C=O) groups is 1. The van der Waals surface area contributed by atoms with Gasteiger partial charge in [0.05, 0.1) is 0 Å². The third kappa shape index (κ3) is 272. The molecular formula is C4H12ClN3O2. The molecule has 0 aromatic rings. The quantitative estimate of drug-likeness (QED) is 0.228. The number of carboxylic acids is 1. The average molecular weight is 170 g/mol. The maximum absolute atomic E-state index is 9.00. The number of aliphatic carboxylic acids is 1. The standard InChI is InChI=1S/C2H4O2.CH3Cl.CH5N3/c1-2(3)4;1-2;2-1(3)4/h1H3,(H,3,4);1H3;(H5,2,3,4). The van der Waals surface area contributed by atoms with Crippen molar-refractivity contribution in [3.05, 3.63) is 0 Å². The van der Waals surface area contributed by atoms with Crippen LogP contribution in [0.25, 0.3) is 0 Å². The summed E-state index contributed by atoms with van der Waals surface area (Å²) >= 11 is 4.64. The molecule has 0 atom stereocenters. The number of nitrogens with two attached hydrogens (primary N) is 2. The molecule has 0 aliphatic heterocycles. The summed E-state index contributed by atoms with van der Waals surface area (Å²) < 4.78 is 0. The zero-order valence-corrected chi connectivity index (χ0v) is 6.64. The first-order valence-corrected chi connectivity index (χ1v) is 2.89. The van der Waals surface area contributed by atoms with E-state index in [0.29, 0.717) is 0 Å². The van der Waals surface area contributed by atoms with Gasteiger partial charge in [-0.2, -0.15) is 0 Å². The van der Waals surface area contributed by atoms with Gasteiger partial charge in [0.25, 0.3) is 5.97 Å². The molecule has 0 heterocycles. The Morgan fingerprint density at radius 3 is 1.50 bits per heavy atom. The summed E-state index contributed by atoms with van der Waals surface area (Å²) in [6, 6.07) is 0. The van der Waals surface area contributed by atoms with Gasteiger partial charge in [-0.05, 0) is 0 Å². The van der Waals surface area contributed by atoms with Crippen LogP contribution in [0.3, 0.4) is 0 Å². The molecule has 5 nitrogen and oxygen atoms in total. The van der Waals surface area contributed by atoms with E-state index in [4.69, 9.17) is 15.3 Å². The Kier molecular flexibility index (Phi) is 25.1. The lowest BCUT2D eigenvalue weighted by atomic mass is 10.9. The normalized spacial score (nSPS) is 5.50. The third-order valence-electron chi connectivity index (χ3n) is 0. The lowest BCUT2D eigenvalue weighted by Gasteiger charge is -1.69. The summed E-state index contributed by atoms with van der Waals surface area (Å²) in [4.78, 5) is 9.00. The number of carboxylic acid groups (broad SMARTS) is 1. The number of hydrogen-bond acceptors (Lipinski definition) is 2.